The highest BCUT2D eigenvalue weighted by Gasteiger charge is 2.16. The van der Waals surface area contributed by atoms with Crippen LogP contribution in [0.1, 0.15) is 11.3 Å². The fourth-order valence-electron chi connectivity index (χ4n) is 2.56. The van der Waals surface area contributed by atoms with Crippen LogP contribution in [0.5, 0.6) is 0 Å². The van der Waals surface area contributed by atoms with E-state index >= 15 is 0 Å². The fourth-order valence-corrected chi connectivity index (χ4v) is 3.49. The average molecular weight is 366 g/mol. The minimum atomic E-state index is -0.218. The molecule has 3 aromatic heterocycles. The molecule has 0 radical (unpaired) electrons. The van der Waals surface area contributed by atoms with E-state index in [1.807, 2.05) is 34.9 Å². The van der Waals surface area contributed by atoms with Crippen molar-refractivity contribution in [2.45, 2.75) is 17.5 Å². The number of thioether (sulfide) groups is 1. The molecule has 3 heterocycles. The van der Waals surface area contributed by atoms with Gasteiger partial charge in [0.1, 0.15) is 11.6 Å². The van der Waals surface area contributed by atoms with Crippen LogP contribution < -0.4 is 0 Å². The lowest BCUT2D eigenvalue weighted by atomic mass is 10.2. The van der Waals surface area contributed by atoms with E-state index in [4.69, 9.17) is 4.42 Å². The average Bonchev–Trinajstić information content (AvgIpc) is 3.32. The molecule has 0 aliphatic heterocycles. The smallest absolute Gasteiger partial charge is 0.192 e. The van der Waals surface area contributed by atoms with Crippen molar-refractivity contribution >= 4 is 11.8 Å². The number of nitrogens with zero attached hydrogens (tertiary/aromatic N) is 4. The summed E-state index contributed by atoms with van der Waals surface area (Å²) in [6.07, 6.45) is 5.09. The van der Waals surface area contributed by atoms with Gasteiger partial charge >= 0.3 is 0 Å². The van der Waals surface area contributed by atoms with Crippen LogP contribution in [-0.4, -0.2) is 19.7 Å². The Kier molecular flexibility index (Phi) is 4.79. The van der Waals surface area contributed by atoms with E-state index in [2.05, 4.69) is 15.2 Å². The van der Waals surface area contributed by atoms with E-state index in [1.54, 1.807) is 30.8 Å². The van der Waals surface area contributed by atoms with Gasteiger partial charge in [0.2, 0.25) is 0 Å². The first-order valence-electron chi connectivity index (χ1n) is 8.03. The quantitative estimate of drug-likeness (QED) is 0.473. The van der Waals surface area contributed by atoms with Crippen LogP contribution in [0.4, 0.5) is 4.39 Å². The first kappa shape index (κ1) is 16.5. The van der Waals surface area contributed by atoms with Crippen LogP contribution in [0.3, 0.4) is 0 Å². The summed E-state index contributed by atoms with van der Waals surface area (Å²) >= 11 is 1.44. The highest BCUT2D eigenvalue weighted by molar-refractivity contribution is 7.98. The van der Waals surface area contributed by atoms with Gasteiger partial charge in [0.15, 0.2) is 11.0 Å². The summed E-state index contributed by atoms with van der Waals surface area (Å²) in [7, 11) is 0. The summed E-state index contributed by atoms with van der Waals surface area (Å²) in [4.78, 5) is 4.15. The molecule has 5 nitrogen and oxygen atoms in total. The largest absolute Gasteiger partial charge is 0.467 e. The molecule has 0 fully saturated rings. The molecule has 130 valence electrons. The highest BCUT2D eigenvalue weighted by atomic mass is 32.2. The predicted molar refractivity (Wildman–Crippen MR) is 97.0 cm³/mol. The number of aromatic nitrogens is 4. The molecular weight excluding hydrogens is 351 g/mol. The molecule has 0 aliphatic carbocycles. The van der Waals surface area contributed by atoms with Gasteiger partial charge in [-0.15, -0.1) is 10.2 Å². The Labute approximate surface area is 153 Å². The monoisotopic (exact) mass is 366 g/mol. The molecule has 4 rings (SSSR count). The summed E-state index contributed by atoms with van der Waals surface area (Å²) in [6, 6.07) is 14.3. The van der Waals surface area contributed by atoms with E-state index in [9.17, 15) is 4.39 Å². The molecule has 0 aliphatic rings. The SMILES string of the molecule is Fc1ccccc1CSc1nnc(-c2cccnc2)n1Cc1ccco1. The molecule has 0 N–H and O–H groups in total. The van der Waals surface area contributed by atoms with Crippen molar-refractivity contribution in [3.63, 3.8) is 0 Å². The molecule has 7 heteroatoms. The topological polar surface area (TPSA) is 56.7 Å². The van der Waals surface area contributed by atoms with Gasteiger partial charge in [0.05, 0.1) is 12.8 Å². The predicted octanol–water partition coefficient (Wildman–Crippen LogP) is 4.41. The van der Waals surface area contributed by atoms with Crippen LogP contribution in [0.25, 0.3) is 11.4 Å². The third-order valence-corrected chi connectivity index (χ3v) is 4.86. The number of pyridine rings is 1. The summed E-state index contributed by atoms with van der Waals surface area (Å²) < 4.78 is 21.3. The Morgan fingerprint density at radius 2 is 1.96 bits per heavy atom. The van der Waals surface area contributed by atoms with Gasteiger partial charge in [-0.2, -0.15) is 0 Å². The number of rotatable bonds is 6. The van der Waals surface area contributed by atoms with Crippen LogP contribution >= 0.6 is 11.8 Å². The maximum Gasteiger partial charge on any atom is 0.192 e. The Balaban J connectivity index is 1.65. The molecule has 1 aromatic carbocycles. The lowest BCUT2D eigenvalue weighted by Gasteiger charge is -2.09. The Morgan fingerprint density at radius 3 is 2.73 bits per heavy atom. The summed E-state index contributed by atoms with van der Waals surface area (Å²) in [5.41, 5.74) is 1.50. The zero-order valence-corrected chi connectivity index (χ0v) is 14.6. The fraction of sp³-hybridized carbons (Fsp3) is 0.105. The summed E-state index contributed by atoms with van der Waals surface area (Å²) in [5, 5.41) is 9.32. The Hall–Kier alpha value is -2.93. The molecule has 0 saturated carbocycles. The van der Waals surface area contributed by atoms with E-state index in [1.165, 1.54) is 17.8 Å². The van der Waals surface area contributed by atoms with Gasteiger partial charge in [-0.05, 0) is 35.9 Å². The Bertz CT molecular complexity index is 986. The summed E-state index contributed by atoms with van der Waals surface area (Å²) in [6.45, 7) is 0.490. The molecule has 0 bridgehead atoms. The Morgan fingerprint density at radius 1 is 1.04 bits per heavy atom. The first-order chi connectivity index (χ1) is 12.8. The van der Waals surface area contributed by atoms with Gasteiger partial charge in [-0.1, -0.05) is 30.0 Å². The highest BCUT2D eigenvalue weighted by Crippen LogP contribution is 2.27. The molecule has 4 aromatic rings. The van der Waals surface area contributed by atoms with Crippen molar-refractivity contribution in [3.8, 4) is 11.4 Å². The van der Waals surface area contributed by atoms with Crippen LogP contribution in [0.2, 0.25) is 0 Å². The van der Waals surface area contributed by atoms with Crippen molar-refractivity contribution in [2.75, 3.05) is 0 Å². The third-order valence-electron chi connectivity index (χ3n) is 3.85. The van der Waals surface area contributed by atoms with Crippen molar-refractivity contribution in [1.29, 1.82) is 0 Å². The lowest BCUT2D eigenvalue weighted by Crippen LogP contribution is -2.03. The summed E-state index contributed by atoms with van der Waals surface area (Å²) in [5.74, 6) is 1.74. The second-order valence-corrected chi connectivity index (χ2v) is 6.54. The maximum atomic E-state index is 13.9. The first-order valence-corrected chi connectivity index (χ1v) is 9.02. The zero-order chi connectivity index (χ0) is 17.8. The van der Waals surface area contributed by atoms with Gasteiger partial charge in [-0.3, -0.25) is 9.55 Å². The van der Waals surface area contributed by atoms with Crippen LogP contribution in [-0.2, 0) is 12.3 Å². The number of hydrogen-bond donors (Lipinski definition) is 0. The molecule has 0 saturated heterocycles. The second-order valence-electron chi connectivity index (χ2n) is 5.59. The molecular formula is C19H15FN4OS. The van der Waals surface area contributed by atoms with Gasteiger partial charge in [-0.25, -0.2) is 4.39 Å². The normalized spacial score (nSPS) is 11.0. The third kappa shape index (κ3) is 3.52. The molecule has 0 atom stereocenters. The minimum Gasteiger partial charge on any atom is -0.467 e. The van der Waals surface area contributed by atoms with E-state index in [0.717, 1.165) is 11.3 Å². The molecule has 0 unspecified atom stereocenters. The molecule has 26 heavy (non-hydrogen) atoms. The zero-order valence-electron chi connectivity index (χ0n) is 13.7. The van der Waals surface area contributed by atoms with Crippen LogP contribution in [0.15, 0.2) is 76.8 Å². The van der Waals surface area contributed by atoms with Crippen molar-refractivity contribution < 1.29 is 8.81 Å². The molecule has 0 spiro atoms. The number of hydrogen-bond acceptors (Lipinski definition) is 5. The van der Waals surface area contributed by atoms with Crippen molar-refractivity contribution in [2.24, 2.45) is 0 Å². The van der Waals surface area contributed by atoms with Gasteiger partial charge in [0, 0.05) is 23.7 Å². The number of furan rings is 1. The van der Waals surface area contributed by atoms with E-state index in [0.29, 0.717) is 28.8 Å². The van der Waals surface area contributed by atoms with E-state index in [-0.39, 0.29) is 5.82 Å². The second kappa shape index (κ2) is 7.53. The van der Waals surface area contributed by atoms with Crippen LogP contribution in [0, 0.1) is 5.82 Å². The number of halogens is 1. The van der Waals surface area contributed by atoms with Gasteiger partial charge in [0.25, 0.3) is 0 Å². The maximum absolute atomic E-state index is 13.9. The minimum absolute atomic E-state index is 0.218. The van der Waals surface area contributed by atoms with E-state index < -0.39 is 0 Å². The molecule has 0 amide bonds. The number of benzene rings is 1. The lowest BCUT2D eigenvalue weighted by molar-refractivity contribution is 0.485. The van der Waals surface area contributed by atoms with Crippen molar-refractivity contribution in [1.82, 2.24) is 19.7 Å². The van der Waals surface area contributed by atoms with Crippen molar-refractivity contribution in [3.05, 3.63) is 84.3 Å². The van der Waals surface area contributed by atoms with Gasteiger partial charge < -0.3 is 4.42 Å². The standard InChI is InChI=1S/C19H15FN4OS/c20-17-8-2-1-5-15(17)13-26-19-23-22-18(14-6-3-9-21-11-14)24(19)12-16-7-4-10-25-16/h1-11H,12-13H2.